The van der Waals surface area contributed by atoms with Crippen LogP contribution in [0.25, 0.3) is 27.3 Å². The van der Waals surface area contributed by atoms with Crippen LogP contribution in [0.3, 0.4) is 0 Å². The molecule has 5 nitrogen and oxygen atoms in total. The van der Waals surface area contributed by atoms with E-state index in [1.54, 1.807) is 11.3 Å². The topological polar surface area (TPSA) is 58.9 Å². The summed E-state index contributed by atoms with van der Waals surface area (Å²) in [7, 11) is 0. The SMILES string of the molecule is Cc1nn(C(c2ccccc2)(c2ccccc2)c2ccccc2)cc1-c1ccc2ncc(-c3ccc(SCCCC#N)s3)n2c1. The van der Waals surface area contributed by atoms with Gasteiger partial charge in [-0.1, -0.05) is 91.0 Å². The average molecular weight is 622 g/mol. The van der Waals surface area contributed by atoms with Gasteiger partial charge in [-0.2, -0.15) is 10.4 Å². The molecule has 0 saturated carbocycles. The number of aryl methyl sites for hydroxylation is 1. The first-order chi connectivity index (χ1) is 22.2. The van der Waals surface area contributed by atoms with Gasteiger partial charge in [-0.05, 0) is 60.1 Å². The summed E-state index contributed by atoms with van der Waals surface area (Å²) in [5, 5.41) is 14.1. The van der Waals surface area contributed by atoms with Crippen molar-refractivity contribution < 1.29 is 0 Å². The van der Waals surface area contributed by atoms with E-state index >= 15 is 0 Å². The highest BCUT2D eigenvalue weighted by Gasteiger charge is 2.39. The smallest absolute Gasteiger partial charge is 0.138 e. The number of imidazole rings is 1. The fourth-order valence-electron chi connectivity index (χ4n) is 6.03. The second-order valence-electron chi connectivity index (χ2n) is 10.9. The van der Waals surface area contributed by atoms with Crippen LogP contribution in [0, 0.1) is 18.3 Å². The first kappa shape index (κ1) is 28.8. The molecule has 0 bridgehead atoms. The van der Waals surface area contributed by atoms with E-state index in [2.05, 4.69) is 150 Å². The van der Waals surface area contributed by atoms with Gasteiger partial charge in [-0.15, -0.1) is 23.1 Å². The number of rotatable bonds is 10. The number of hydrogen-bond donors (Lipinski definition) is 0. The number of benzene rings is 3. The summed E-state index contributed by atoms with van der Waals surface area (Å²) in [5.74, 6) is 0.949. The van der Waals surface area contributed by atoms with E-state index in [0.29, 0.717) is 6.42 Å². The molecule has 0 N–H and O–H groups in total. The van der Waals surface area contributed by atoms with Crippen LogP contribution in [0.2, 0.25) is 0 Å². The Balaban J connectivity index is 1.34. The molecule has 45 heavy (non-hydrogen) atoms. The van der Waals surface area contributed by atoms with Crippen LogP contribution in [-0.2, 0) is 5.54 Å². The van der Waals surface area contributed by atoms with Gasteiger partial charge in [-0.3, -0.25) is 9.08 Å². The van der Waals surface area contributed by atoms with Gasteiger partial charge in [0.2, 0.25) is 0 Å². The number of unbranched alkanes of at least 4 members (excludes halogenated alkanes) is 1. The molecule has 7 aromatic rings. The van der Waals surface area contributed by atoms with Crippen molar-refractivity contribution in [1.82, 2.24) is 19.2 Å². The Labute approximate surface area is 271 Å². The van der Waals surface area contributed by atoms with Gasteiger partial charge < -0.3 is 0 Å². The minimum absolute atomic E-state index is 0.598. The van der Waals surface area contributed by atoms with Crippen molar-refractivity contribution in [2.75, 3.05) is 5.75 Å². The summed E-state index contributed by atoms with van der Waals surface area (Å²) >= 11 is 3.58. The first-order valence-corrected chi connectivity index (χ1v) is 16.8. The van der Waals surface area contributed by atoms with Gasteiger partial charge in [0.25, 0.3) is 0 Å². The summed E-state index contributed by atoms with van der Waals surface area (Å²) in [5.41, 5.74) is 7.83. The minimum Gasteiger partial charge on any atom is -0.298 e. The number of thiophene rings is 1. The lowest BCUT2D eigenvalue weighted by atomic mass is 9.77. The molecule has 0 amide bonds. The fourth-order valence-corrected chi connectivity index (χ4v) is 8.19. The Bertz CT molecular complexity index is 1990. The number of hydrogen-bond acceptors (Lipinski definition) is 5. The number of aromatic nitrogens is 4. The zero-order valence-corrected chi connectivity index (χ0v) is 26.5. The molecule has 4 heterocycles. The largest absolute Gasteiger partial charge is 0.298 e. The van der Waals surface area contributed by atoms with Crippen molar-refractivity contribution in [2.45, 2.75) is 29.5 Å². The van der Waals surface area contributed by atoms with Gasteiger partial charge in [-0.25, -0.2) is 4.98 Å². The highest BCUT2D eigenvalue weighted by atomic mass is 32.2. The van der Waals surface area contributed by atoms with Crippen molar-refractivity contribution in [3.8, 4) is 27.8 Å². The van der Waals surface area contributed by atoms with Crippen LogP contribution in [0.1, 0.15) is 35.2 Å². The predicted octanol–water partition coefficient (Wildman–Crippen LogP) is 9.47. The van der Waals surface area contributed by atoms with E-state index < -0.39 is 5.54 Å². The lowest BCUT2D eigenvalue weighted by Crippen LogP contribution is -2.38. The molecule has 3 aromatic carbocycles. The van der Waals surface area contributed by atoms with Crippen LogP contribution in [0.5, 0.6) is 0 Å². The number of nitrogens with zero attached hydrogens (tertiary/aromatic N) is 5. The second kappa shape index (κ2) is 12.6. The van der Waals surface area contributed by atoms with Gasteiger partial charge in [0.05, 0.1) is 32.7 Å². The van der Waals surface area contributed by atoms with Crippen LogP contribution in [0.15, 0.2) is 138 Å². The molecule has 7 rings (SSSR count). The maximum absolute atomic E-state index is 8.84. The van der Waals surface area contributed by atoms with Crippen molar-refractivity contribution in [1.29, 1.82) is 5.26 Å². The zero-order chi connectivity index (χ0) is 30.6. The van der Waals surface area contributed by atoms with Crippen molar-refractivity contribution in [3.63, 3.8) is 0 Å². The molecule has 0 fully saturated rings. The van der Waals surface area contributed by atoms with Crippen molar-refractivity contribution >= 4 is 28.7 Å². The van der Waals surface area contributed by atoms with E-state index in [-0.39, 0.29) is 0 Å². The Morgan fingerprint density at radius 3 is 2.07 bits per heavy atom. The third-order valence-electron chi connectivity index (χ3n) is 8.14. The van der Waals surface area contributed by atoms with Crippen LogP contribution in [0.4, 0.5) is 0 Å². The molecule has 4 aromatic heterocycles. The van der Waals surface area contributed by atoms with Gasteiger partial charge in [0.15, 0.2) is 0 Å². The molecule has 0 atom stereocenters. The van der Waals surface area contributed by atoms with E-state index in [4.69, 9.17) is 15.3 Å². The average Bonchev–Trinajstić information content (AvgIpc) is 3.83. The lowest BCUT2D eigenvalue weighted by Gasteiger charge is -2.36. The standard InChI is InChI=1S/C38H31N5S2/c1-28-33(29-19-21-36-40-25-34(42(36)26-29)35-20-22-37(45-35)44-24-12-11-23-39)27-43(41-28)38(30-13-5-2-6-14-30,31-15-7-3-8-16-31)32-17-9-4-10-18-32/h2-10,13-22,25-27H,11-12,24H2,1H3. The van der Waals surface area contributed by atoms with E-state index in [9.17, 15) is 0 Å². The summed E-state index contributed by atoms with van der Waals surface area (Å²) in [6.45, 7) is 2.09. The molecule has 0 unspecified atom stereocenters. The minimum atomic E-state index is -0.671. The van der Waals surface area contributed by atoms with Gasteiger partial charge in [0.1, 0.15) is 11.2 Å². The summed E-state index contributed by atoms with van der Waals surface area (Å²) in [6, 6.07) is 42.7. The molecular weight excluding hydrogens is 591 g/mol. The van der Waals surface area contributed by atoms with Gasteiger partial charge in [0, 0.05) is 29.9 Å². The summed E-state index contributed by atoms with van der Waals surface area (Å²) in [6.07, 6.45) is 7.83. The lowest BCUT2D eigenvalue weighted by molar-refractivity contribution is 0.458. The third kappa shape index (κ3) is 5.37. The summed E-state index contributed by atoms with van der Waals surface area (Å²) < 4.78 is 5.58. The van der Waals surface area contributed by atoms with Crippen LogP contribution >= 0.6 is 23.1 Å². The second-order valence-corrected chi connectivity index (χ2v) is 13.4. The molecule has 0 spiro atoms. The maximum Gasteiger partial charge on any atom is 0.138 e. The maximum atomic E-state index is 8.84. The summed E-state index contributed by atoms with van der Waals surface area (Å²) in [4.78, 5) is 5.89. The van der Waals surface area contributed by atoms with Crippen LogP contribution < -0.4 is 0 Å². The van der Waals surface area contributed by atoms with Gasteiger partial charge >= 0.3 is 0 Å². The first-order valence-electron chi connectivity index (χ1n) is 15.0. The molecular formula is C38H31N5S2. The fraction of sp³-hybridized carbons (Fsp3) is 0.132. The molecule has 220 valence electrons. The molecule has 0 aliphatic heterocycles. The third-order valence-corrected chi connectivity index (χ3v) is 10.6. The monoisotopic (exact) mass is 621 g/mol. The number of fused-ring (bicyclic) bond motifs is 1. The van der Waals surface area contributed by atoms with Crippen molar-refractivity contribution in [2.24, 2.45) is 0 Å². The van der Waals surface area contributed by atoms with E-state index in [1.807, 2.05) is 18.0 Å². The Hall–Kier alpha value is -4.90. The molecule has 0 saturated heterocycles. The molecule has 0 aliphatic rings. The molecule has 7 heteroatoms. The number of thioether (sulfide) groups is 1. The number of nitriles is 1. The van der Waals surface area contributed by atoms with E-state index in [0.717, 1.165) is 57.0 Å². The predicted molar refractivity (Wildman–Crippen MR) is 185 cm³/mol. The van der Waals surface area contributed by atoms with Crippen molar-refractivity contribution in [3.05, 3.63) is 156 Å². The van der Waals surface area contributed by atoms with E-state index in [1.165, 1.54) is 9.09 Å². The number of pyridine rings is 1. The Kier molecular flexibility index (Phi) is 8.08. The molecule has 0 aliphatic carbocycles. The normalized spacial score (nSPS) is 11.6. The molecule has 0 radical (unpaired) electrons. The zero-order valence-electron chi connectivity index (χ0n) is 24.9. The quantitative estimate of drug-likeness (QED) is 0.0867. The van der Waals surface area contributed by atoms with Crippen LogP contribution in [-0.4, -0.2) is 24.9 Å². The highest BCUT2D eigenvalue weighted by molar-refractivity contribution is 8.01. The Morgan fingerprint density at radius 2 is 1.44 bits per heavy atom. The Morgan fingerprint density at radius 1 is 0.800 bits per heavy atom. The highest BCUT2D eigenvalue weighted by Crippen LogP contribution is 2.42.